The molecule has 89 heavy (non-hydrogen) atoms. The maximum absolute atomic E-state index is 14.1. The third kappa shape index (κ3) is 15.2. The number of hydrogen-bond acceptors (Lipinski definition) is 12. The molecule has 0 bridgehead atoms. The van der Waals surface area contributed by atoms with Crippen LogP contribution in [-0.2, 0) is 49.1 Å². The SMILES string of the molecule is CCOC(=O)CCBr.CCOC(=O)CCN1CN(c2ccccc2)C2(CCN(CCC(C(=O)N(C)C)(c3ccccc3)c3ccccc3)CC2)C1=O.CN(C)C(=O)C(CCN1CCC2(CC1)C(=O)NCN2c1ccccc1)(c1ccccc1)c1ccccc1. The zero-order valence-electron chi connectivity index (χ0n) is 52.7. The fourth-order valence-electron chi connectivity index (χ4n) is 13.4. The predicted molar refractivity (Wildman–Crippen MR) is 354 cm³/mol. The molecule has 6 aromatic rings. The highest BCUT2D eigenvalue weighted by molar-refractivity contribution is 9.09. The van der Waals surface area contributed by atoms with Crippen LogP contribution in [-0.4, -0.2) is 177 Å². The number of amides is 4. The van der Waals surface area contributed by atoms with Crippen molar-refractivity contribution in [2.75, 3.05) is 116 Å². The van der Waals surface area contributed by atoms with E-state index < -0.39 is 21.9 Å². The van der Waals surface area contributed by atoms with E-state index in [1.807, 2.05) is 142 Å². The van der Waals surface area contributed by atoms with Crippen molar-refractivity contribution >= 4 is 62.9 Å². The number of rotatable bonds is 21. The molecule has 4 amide bonds. The number of alkyl halides is 1. The summed E-state index contributed by atoms with van der Waals surface area (Å²) in [6.07, 6.45) is 4.80. The number of hydrogen-bond donors (Lipinski definition) is 1. The molecule has 10 rings (SSSR count). The molecule has 0 radical (unpaired) electrons. The Kier molecular flexibility index (Phi) is 23.8. The van der Waals surface area contributed by atoms with Crippen molar-refractivity contribution in [3.05, 3.63) is 204 Å². The number of esters is 2. The molecule has 0 aliphatic carbocycles. The Morgan fingerprint density at radius 3 is 1.20 bits per heavy atom. The maximum atomic E-state index is 14.1. The number of carbonyl (C=O) groups is 6. The minimum absolute atomic E-state index is 0.0573. The molecule has 1 N–H and O–H groups in total. The summed E-state index contributed by atoms with van der Waals surface area (Å²) in [6.45, 7) is 10.3. The lowest BCUT2D eigenvalue weighted by Crippen LogP contribution is -2.57. The minimum atomic E-state index is -0.829. The quantitative estimate of drug-likeness (QED) is 0.0539. The topological polar surface area (TPSA) is 156 Å². The van der Waals surface area contributed by atoms with Gasteiger partial charge in [-0.1, -0.05) is 174 Å². The number of benzene rings is 6. The number of piperidine rings is 2. The van der Waals surface area contributed by atoms with Gasteiger partial charge in [0.1, 0.15) is 21.9 Å². The van der Waals surface area contributed by atoms with Crippen molar-refractivity contribution in [3.63, 3.8) is 0 Å². The molecule has 4 heterocycles. The van der Waals surface area contributed by atoms with E-state index in [4.69, 9.17) is 4.74 Å². The third-order valence-corrected chi connectivity index (χ3v) is 18.5. The summed E-state index contributed by atoms with van der Waals surface area (Å²) >= 11 is 3.12. The molecule has 0 aromatic heterocycles. The first-order valence-corrected chi connectivity index (χ1v) is 32.4. The van der Waals surface area contributed by atoms with E-state index in [-0.39, 0.29) is 42.0 Å². The number of likely N-dealkylation sites (N-methyl/N-ethyl adjacent to an activating group) is 2. The van der Waals surface area contributed by atoms with Gasteiger partial charge in [-0.05, 0) is 112 Å². The minimum Gasteiger partial charge on any atom is -0.466 e. The van der Waals surface area contributed by atoms with E-state index in [0.717, 1.165) is 79.2 Å². The van der Waals surface area contributed by atoms with E-state index >= 15 is 0 Å². The smallest absolute Gasteiger partial charge is 0.307 e. The van der Waals surface area contributed by atoms with Gasteiger partial charge in [-0.2, -0.15) is 0 Å². The number of nitrogens with zero attached hydrogens (tertiary/aromatic N) is 7. The van der Waals surface area contributed by atoms with Crippen molar-refractivity contribution in [1.29, 1.82) is 0 Å². The van der Waals surface area contributed by atoms with Gasteiger partial charge >= 0.3 is 11.9 Å². The van der Waals surface area contributed by atoms with Crippen LogP contribution in [0.2, 0.25) is 0 Å². The van der Waals surface area contributed by atoms with Crippen LogP contribution in [0.1, 0.15) is 87.5 Å². The molecule has 4 saturated heterocycles. The van der Waals surface area contributed by atoms with E-state index in [1.165, 1.54) is 0 Å². The van der Waals surface area contributed by atoms with Crippen molar-refractivity contribution in [3.8, 4) is 0 Å². The molecule has 4 aliphatic heterocycles. The molecule has 4 fully saturated rings. The highest BCUT2D eigenvalue weighted by atomic mass is 79.9. The second-order valence-corrected chi connectivity index (χ2v) is 24.4. The Morgan fingerprint density at radius 1 is 0.494 bits per heavy atom. The normalized spacial score (nSPS) is 16.4. The van der Waals surface area contributed by atoms with E-state index in [0.29, 0.717) is 77.1 Å². The van der Waals surface area contributed by atoms with Crippen molar-refractivity contribution < 1.29 is 38.2 Å². The van der Waals surface area contributed by atoms with Crippen LogP contribution < -0.4 is 15.1 Å². The molecule has 2 spiro atoms. The van der Waals surface area contributed by atoms with Crippen LogP contribution in [0.15, 0.2) is 182 Å². The van der Waals surface area contributed by atoms with E-state index in [2.05, 4.69) is 118 Å². The highest BCUT2D eigenvalue weighted by Gasteiger charge is 2.55. The van der Waals surface area contributed by atoms with Gasteiger partial charge in [0.15, 0.2) is 0 Å². The monoisotopic (exact) mass is 1270 g/mol. The first kappa shape index (κ1) is 67.1. The van der Waals surface area contributed by atoms with Crippen LogP contribution in [0.5, 0.6) is 0 Å². The molecule has 472 valence electrons. The number of anilines is 2. The van der Waals surface area contributed by atoms with Gasteiger partial charge in [-0.15, -0.1) is 0 Å². The summed E-state index contributed by atoms with van der Waals surface area (Å²) < 4.78 is 9.74. The lowest BCUT2D eigenvalue weighted by atomic mass is 9.70. The Labute approximate surface area is 535 Å². The standard InChI is InChI=1S/C36H44N4O4.C31H36N4O2.C5H9BrO2/c1-4-44-32(41)20-24-39-28-40(31-18-12-7-13-19-31)35(33(39)42)21-25-38(26-22-35)27-23-36(34(43)37(2)3,29-14-8-5-9-15-29)30-16-10-6-11-17-30;1-33(2)29(37)31(25-12-6-3-7-13-25,26-14-8-4-9-15-26)20-23-34-21-18-30(19-22-34)28(36)32-24-35(30)27-16-10-5-11-17-27;1-2-8-5(7)3-4-6/h5-19H,4,20-28H2,1-3H3;3-17H,18-24H2,1-2H3,(H,32,36);2-4H2,1H3. The Hall–Kier alpha value is -7.86. The molecule has 17 heteroatoms. The average molecular weight is 1270 g/mol. The van der Waals surface area contributed by atoms with Gasteiger partial charge in [0, 0.05) is 77.6 Å². The Bertz CT molecular complexity index is 3130. The predicted octanol–water partition coefficient (Wildman–Crippen LogP) is 9.76. The fourth-order valence-corrected chi connectivity index (χ4v) is 13.7. The second kappa shape index (κ2) is 31.5. The number of ether oxygens (including phenoxy) is 2. The molecule has 4 aliphatic rings. The van der Waals surface area contributed by atoms with Gasteiger partial charge in [0.25, 0.3) is 0 Å². The molecule has 16 nitrogen and oxygen atoms in total. The summed E-state index contributed by atoms with van der Waals surface area (Å²) in [5.41, 5.74) is 3.31. The maximum Gasteiger partial charge on any atom is 0.307 e. The summed E-state index contributed by atoms with van der Waals surface area (Å²) in [7, 11) is 7.32. The average Bonchev–Trinajstić information content (AvgIpc) is 1.82. The molecule has 0 atom stereocenters. The zero-order valence-corrected chi connectivity index (χ0v) is 54.3. The van der Waals surface area contributed by atoms with Gasteiger partial charge in [0.05, 0.1) is 39.4 Å². The molecular formula is C72H89BrN8O8. The van der Waals surface area contributed by atoms with Crippen LogP contribution in [0, 0.1) is 0 Å². The second-order valence-electron chi connectivity index (χ2n) is 23.6. The number of carbonyl (C=O) groups excluding carboxylic acids is 6. The zero-order chi connectivity index (χ0) is 63.4. The van der Waals surface area contributed by atoms with Gasteiger partial charge in [-0.3, -0.25) is 28.8 Å². The van der Waals surface area contributed by atoms with Crippen LogP contribution in [0.25, 0.3) is 0 Å². The number of para-hydroxylation sites is 2. The van der Waals surface area contributed by atoms with Crippen molar-refractivity contribution in [2.45, 2.75) is 87.1 Å². The first-order valence-electron chi connectivity index (χ1n) is 31.3. The summed E-state index contributed by atoms with van der Waals surface area (Å²) in [5.74, 6) is -0.0670. The number of halogens is 1. The summed E-state index contributed by atoms with van der Waals surface area (Å²) in [6, 6.07) is 60.8. The largest absolute Gasteiger partial charge is 0.466 e. The lowest BCUT2D eigenvalue weighted by molar-refractivity contribution is -0.144. The Morgan fingerprint density at radius 2 is 0.843 bits per heavy atom. The van der Waals surface area contributed by atoms with Gasteiger partial charge in [0.2, 0.25) is 23.6 Å². The van der Waals surface area contributed by atoms with Crippen LogP contribution in [0.4, 0.5) is 11.4 Å². The number of likely N-dealkylation sites (tertiary alicyclic amines) is 2. The van der Waals surface area contributed by atoms with E-state index in [1.54, 1.807) is 23.6 Å². The summed E-state index contributed by atoms with van der Waals surface area (Å²) in [4.78, 5) is 92.2. The number of nitrogens with one attached hydrogen (secondary N) is 1. The van der Waals surface area contributed by atoms with Crippen molar-refractivity contribution in [1.82, 2.24) is 29.8 Å². The summed E-state index contributed by atoms with van der Waals surface area (Å²) in [5, 5.41) is 3.77. The fraction of sp³-hybridized carbons (Fsp3) is 0.417. The highest BCUT2D eigenvalue weighted by Crippen LogP contribution is 2.43. The molecule has 6 aromatic carbocycles. The van der Waals surface area contributed by atoms with Crippen LogP contribution >= 0.6 is 15.9 Å². The van der Waals surface area contributed by atoms with Gasteiger partial charge < -0.3 is 49.1 Å². The van der Waals surface area contributed by atoms with Crippen molar-refractivity contribution in [2.24, 2.45) is 0 Å². The van der Waals surface area contributed by atoms with E-state index in [9.17, 15) is 28.8 Å². The molecular weight excluding hydrogens is 1180 g/mol. The third-order valence-electron chi connectivity index (χ3n) is 18.1. The Balaban J connectivity index is 0.000000207. The lowest BCUT2D eigenvalue weighted by Gasteiger charge is -2.44. The van der Waals surface area contributed by atoms with Gasteiger partial charge in [-0.25, -0.2) is 0 Å². The first-order chi connectivity index (χ1) is 43.1. The molecule has 0 unspecified atom stereocenters. The molecule has 0 saturated carbocycles. The van der Waals surface area contributed by atoms with Crippen LogP contribution in [0.3, 0.4) is 0 Å².